The molecule has 0 aliphatic heterocycles. The van der Waals surface area contributed by atoms with Gasteiger partial charge >= 0.3 is 0 Å². The van der Waals surface area contributed by atoms with Crippen LogP contribution in [-0.2, 0) is 6.42 Å². The first-order valence-corrected chi connectivity index (χ1v) is 20.9. The fourth-order valence-corrected chi connectivity index (χ4v) is 9.13. The Kier molecular flexibility index (Phi) is 9.02. The largest absolute Gasteiger partial charge is 0.310 e. The summed E-state index contributed by atoms with van der Waals surface area (Å²) in [5, 5.41) is 3.84. The van der Waals surface area contributed by atoms with E-state index in [-0.39, 0.29) is 0 Å². The molecule has 11 rings (SSSR count). The molecule has 10 aromatic rings. The molecule has 0 spiro atoms. The van der Waals surface area contributed by atoms with Gasteiger partial charge in [0.15, 0.2) is 0 Å². The Morgan fingerprint density at radius 2 is 0.950 bits per heavy atom. The normalized spacial score (nSPS) is 12.1. The van der Waals surface area contributed by atoms with Gasteiger partial charge in [0.05, 0.1) is 5.52 Å². The van der Waals surface area contributed by atoms with E-state index >= 15 is 0 Å². The molecule has 284 valence electrons. The van der Waals surface area contributed by atoms with Gasteiger partial charge in [-0.05, 0) is 146 Å². The van der Waals surface area contributed by atoms with Gasteiger partial charge in [-0.3, -0.25) is 0 Å². The number of aromatic nitrogens is 1. The number of allylic oxidation sites excluding steroid dienone is 1. The number of hydrogen-bond donors (Lipinski definition) is 0. The minimum Gasteiger partial charge on any atom is -0.310 e. The lowest BCUT2D eigenvalue weighted by molar-refractivity contribution is 0.968. The molecular formula is C58H42N2. The Labute approximate surface area is 351 Å². The van der Waals surface area contributed by atoms with Crippen LogP contribution < -0.4 is 4.90 Å². The highest BCUT2D eigenvalue weighted by Gasteiger charge is 2.22. The third kappa shape index (κ3) is 6.49. The Bertz CT molecular complexity index is 3170. The quantitative estimate of drug-likeness (QED) is 0.150. The Morgan fingerprint density at radius 3 is 1.68 bits per heavy atom. The number of para-hydroxylation sites is 1. The topological polar surface area (TPSA) is 8.17 Å². The molecule has 1 aromatic heterocycles. The molecule has 1 heterocycles. The monoisotopic (exact) mass is 766 g/mol. The van der Waals surface area contributed by atoms with Crippen molar-refractivity contribution in [1.29, 1.82) is 0 Å². The molecule has 60 heavy (non-hydrogen) atoms. The second kappa shape index (κ2) is 15.2. The molecule has 1 aliphatic rings. The Balaban J connectivity index is 1.02. The first-order valence-electron chi connectivity index (χ1n) is 20.9. The van der Waals surface area contributed by atoms with Gasteiger partial charge in [-0.1, -0.05) is 158 Å². The standard InChI is InChI=1S/C58H42N2/c1-3-14-41(15-4-1)46-18-11-19-47(38-46)43-30-34-51(35-31-43)59(52-36-32-44(33-37-52)48-29-28-42-16-7-8-17-45(42)39-48)53-23-12-20-49(40-53)54-25-13-27-57-58(54)55-24-9-10-26-56(55)60(57)50-21-5-2-6-22-50/h1-8,10-23,25-40H,9,24H2. The van der Waals surface area contributed by atoms with Gasteiger partial charge in [0.25, 0.3) is 0 Å². The van der Waals surface area contributed by atoms with E-state index in [1.807, 2.05) is 0 Å². The molecule has 1 aliphatic carbocycles. The van der Waals surface area contributed by atoms with Crippen LogP contribution in [0, 0.1) is 0 Å². The van der Waals surface area contributed by atoms with E-state index in [2.05, 4.69) is 240 Å². The summed E-state index contributed by atoms with van der Waals surface area (Å²) in [6.07, 6.45) is 6.70. The average Bonchev–Trinajstić information content (AvgIpc) is 3.67. The molecule has 0 N–H and O–H groups in total. The number of hydrogen-bond acceptors (Lipinski definition) is 1. The predicted octanol–water partition coefficient (Wildman–Crippen LogP) is 15.9. The molecule has 0 saturated heterocycles. The maximum absolute atomic E-state index is 2.44. The summed E-state index contributed by atoms with van der Waals surface area (Å²) < 4.78 is 2.44. The van der Waals surface area contributed by atoms with Crippen molar-refractivity contribution >= 4 is 44.8 Å². The lowest BCUT2D eigenvalue weighted by Crippen LogP contribution is -2.10. The van der Waals surface area contributed by atoms with E-state index in [4.69, 9.17) is 0 Å². The third-order valence-corrected chi connectivity index (χ3v) is 12.0. The van der Waals surface area contributed by atoms with Gasteiger partial charge in [0.1, 0.15) is 0 Å². The number of rotatable bonds is 8. The molecule has 0 amide bonds. The first-order chi connectivity index (χ1) is 29.7. The van der Waals surface area contributed by atoms with Crippen LogP contribution >= 0.6 is 0 Å². The molecule has 0 radical (unpaired) electrons. The van der Waals surface area contributed by atoms with Gasteiger partial charge in [0, 0.05) is 33.8 Å². The minimum absolute atomic E-state index is 1.02. The minimum atomic E-state index is 1.02. The van der Waals surface area contributed by atoms with Crippen LogP contribution in [0.5, 0.6) is 0 Å². The van der Waals surface area contributed by atoms with Crippen LogP contribution in [0.2, 0.25) is 0 Å². The summed E-state index contributed by atoms with van der Waals surface area (Å²) in [7, 11) is 0. The number of aryl methyl sites for hydroxylation is 1. The van der Waals surface area contributed by atoms with Crippen molar-refractivity contribution in [3.8, 4) is 50.2 Å². The van der Waals surface area contributed by atoms with Gasteiger partial charge in [-0.15, -0.1) is 0 Å². The van der Waals surface area contributed by atoms with Crippen molar-refractivity contribution in [3.63, 3.8) is 0 Å². The second-order valence-corrected chi connectivity index (χ2v) is 15.7. The summed E-state index contributed by atoms with van der Waals surface area (Å²) in [4.78, 5) is 2.39. The number of benzene rings is 9. The summed E-state index contributed by atoms with van der Waals surface area (Å²) >= 11 is 0. The first kappa shape index (κ1) is 35.5. The molecule has 0 atom stereocenters. The second-order valence-electron chi connectivity index (χ2n) is 15.7. The zero-order chi connectivity index (χ0) is 39.8. The summed E-state index contributed by atoms with van der Waals surface area (Å²) in [5.74, 6) is 0. The van der Waals surface area contributed by atoms with E-state index in [0.29, 0.717) is 0 Å². The summed E-state index contributed by atoms with van der Waals surface area (Å²) in [6.45, 7) is 0. The fourth-order valence-electron chi connectivity index (χ4n) is 9.13. The third-order valence-electron chi connectivity index (χ3n) is 12.0. The molecule has 9 aromatic carbocycles. The van der Waals surface area contributed by atoms with Crippen LogP contribution in [0.25, 0.3) is 77.9 Å². The van der Waals surface area contributed by atoms with Crippen LogP contribution in [0.3, 0.4) is 0 Å². The van der Waals surface area contributed by atoms with Crippen molar-refractivity contribution in [2.45, 2.75) is 12.8 Å². The van der Waals surface area contributed by atoms with Crippen molar-refractivity contribution in [3.05, 3.63) is 236 Å². The van der Waals surface area contributed by atoms with Crippen molar-refractivity contribution in [1.82, 2.24) is 4.57 Å². The van der Waals surface area contributed by atoms with E-state index in [0.717, 1.165) is 29.9 Å². The fraction of sp³-hybridized carbons (Fsp3) is 0.0345. The Morgan fingerprint density at radius 1 is 0.383 bits per heavy atom. The Hall–Kier alpha value is -7.68. The zero-order valence-corrected chi connectivity index (χ0v) is 33.2. The van der Waals surface area contributed by atoms with Crippen molar-refractivity contribution < 1.29 is 0 Å². The SMILES string of the molecule is C1=Cc2c(c3c(-c4cccc(N(c5ccc(-c6cccc(-c7ccccc7)c6)cc5)c5ccc(-c6ccc7ccccc7c6)cc5)c4)cccc3n2-c2ccccc2)CC1. The van der Waals surface area contributed by atoms with Gasteiger partial charge in [-0.2, -0.15) is 0 Å². The number of anilines is 3. The summed E-state index contributed by atoms with van der Waals surface area (Å²) in [6, 6.07) is 79.5. The molecule has 2 heteroatoms. The molecule has 0 saturated carbocycles. The van der Waals surface area contributed by atoms with Crippen LogP contribution in [0.1, 0.15) is 17.7 Å². The number of nitrogens with zero attached hydrogens (tertiary/aromatic N) is 2. The van der Waals surface area contributed by atoms with E-state index < -0.39 is 0 Å². The van der Waals surface area contributed by atoms with Gasteiger partial charge in [0.2, 0.25) is 0 Å². The van der Waals surface area contributed by atoms with Crippen LogP contribution in [0.4, 0.5) is 17.1 Å². The summed E-state index contributed by atoms with van der Waals surface area (Å²) in [5.41, 5.74) is 18.1. The van der Waals surface area contributed by atoms with E-state index in [1.165, 1.54) is 83.1 Å². The maximum atomic E-state index is 2.44. The molecule has 0 bridgehead atoms. The van der Waals surface area contributed by atoms with Crippen molar-refractivity contribution in [2.24, 2.45) is 0 Å². The van der Waals surface area contributed by atoms with Gasteiger partial charge in [-0.25, -0.2) is 0 Å². The number of fused-ring (bicyclic) bond motifs is 4. The van der Waals surface area contributed by atoms with Crippen molar-refractivity contribution in [2.75, 3.05) is 4.90 Å². The highest BCUT2D eigenvalue weighted by Crippen LogP contribution is 2.43. The van der Waals surface area contributed by atoms with Crippen LogP contribution in [0.15, 0.2) is 224 Å². The molecule has 0 fully saturated rings. The predicted molar refractivity (Wildman–Crippen MR) is 255 cm³/mol. The molecule has 2 nitrogen and oxygen atoms in total. The van der Waals surface area contributed by atoms with Crippen LogP contribution in [-0.4, -0.2) is 4.57 Å². The van der Waals surface area contributed by atoms with E-state index in [9.17, 15) is 0 Å². The highest BCUT2D eigenvalue weighted by molar-refractivity contribution is 6.02. The lowest BCUT2D eigenvalue weighted by Gasteiger charge is -2.26. The maximum Gasteiger partial charge on any atom is 0.0543 e. The van der Waals surface area contributed by atoms with E-state index in [1.54, 1.807) is 0 Å². The molecular weight excluding hydrogens is 725 g/mol. The zero-order valence-electron chi connectivity index (χ0n) is 33.2. The van der Waals surface area contributed by atoms with Gasteiger partial charge < -0.3 is 9.47 Å². The lowest BCUT2D eigenvalue weighted by atomic mass is 9.94. The molecule has 0 unspecified atom stereocenters. The smallest absolute Gasteiger partial charge is 0.0543 e. The average molecular weight is 767 g/mol. The highest BCUT2D eigenvalue weighted by atomic mass is 15.1.